The molecular formula is C19H16F6N2O4. The monoisotopic (exact) mass is 450 g/mol. The van der Waals surface area contributed by atoms with Crippen LogP contribution in [0.1, 0.15) is 15.9 Å². The number of hydrogen-bond acceptors (Lipinski definition) is 5. The summed E-state index contributed by atoms with van der Waals surface area (Å²) in [6, 6.07) is 8.67. The number of carbonyl (C=O) groups is 2. The van der Waals surface area contributed by atoms with Crippen LogP contribution < -0.4 is 15.4 Å². The number of hydrogen-bond donors (Lipinski definition) is 2. The molecule has 0 aromatic heterocycles. The first-order valence-electron chi connectivity index (χ1n) is 8.46. The highest BCUT2D eigenvalue weighted by atomic mass is 19.4. The topological polar surface area (TPSA) is 76.7 Å². The molecule has 0 saturated carbocycles. The number of amides is 1. The Hall–Kier alpha value is -3.44. The number of esters is 1. The molecule has 168 valence electrons. The number of halogens is 6. The second-order valence-corrected chi connectivity index (χ2v) is 6.26. The average molecular weight is 450 g/mol. The van der Waals surface area contributed by atoms with Crippen LogP contribution in [-0.2, 0) is 9.53 Å². The molecule has 0 aliphatic rings. The van der Waals surface area contributed by atoms with Crippen LogP contribution in [0.2, 0.25) is 0 Å². The number of anilines is 1. The first kappa shape index (κ1) is 23.8. The molecule has 12 heteroatoms. The molecule has 2 N–H and O–H groups in total. The largest absolute Gasteiger partial charge is 0.573 e. The molecule has 2 aromatic carbocycles. The third kappa shape index (κ3) is 5.80. The van der Waals surface area contributed by atoms with Gasteiger partial charge in [-0.25, -0.2) is 4.79 Å². The van der Waals surface area contributed by atoms with E-state index in [0.717, 1.165) is 24.3 Å². The first-order chi connectivity index (χ1) is 14.3. The van der Waals surface area contributed by atoms with Gasteiger partial charge in [-0.2, -0.15) is 13.2 Å². The van der Waals surface area contributed by atoms with E-state index in [2.05, 4.69) is 9.47 Å². The van der Waals surface area contributed by atoms with Crippen molar-refractivity contribution in [2.45, 2.75) is 25.1 Å². The van der Waals surface area contributed by atoms with E-state index in [1.807, 2.05) is 5.32 Å². The van der Waals surface area contributed by atoms with Crippen LogP contribution in [0.5, 0.6) is 5.75 Å². The maximum Gasteiger partial charge on any atom is 0.573 e. The van der Waals surface area contributed by atoms with E-state index in [9.17, 15) is 35.9 Å². The molecule has 0 spiro atoms. The second-order valence-electron chi connectivity index (χ2n) is 6.26. The van der Waals surface area contributed by atoms with Gasteiger partial charge in [0.25, 0.3) is 5.91 Å². The second kappa shape index (κ2) is 8.74. The van der Waals surface area contributed by atoms with Gasteiger partial charge in [-0.1, -0.05) is 17.7 Å². The van der Waals surface area contributed by atoms with Gasteiger partial charge in [-0.15, -0.1) is 13.2 Å². The molecular weight excluding hydrogens is 434 g/mol. The van der Waals surface area contributed by atoms with Crippen LogP contribution in [0.15, 0.2) is 48.5 Å². The summed E-state index contributed by atoms with van der Waals surface area (Å²) in [6.07, 6.45) is -10.4. The fraction of sp³-hybridized carbons (Fsp3) is 0.263. The SMILES string of the molecule is COC(=O)[C@](NC(=O)c1cccc(C)c1)(Nc1ccc(OC(F)(F)F)cc1)C(F)(F)F. The van der Waals surface area contributed by atoms with Crippen LogP contribution >= 0.6 is 0 Å². The van der Waals surface area contributed by atoms with Gasteiger partial charge in [0.2, 0.25) is 0 Å². The molecule has 0 heterocycles. The zero-order valence-corrected chi connectivity index (χ0v) is 16.0. The van der Waals surface area contributed by atoms with E-state index >= 15 is 0 Å². The lowest BCUT2D eigenvalue weighted by molar-refractivity contribution is -0.274. The fourth-order valence-corrected chi connectivity index (χ4v) is 2.53. The number of benzene rings is 2. The van der Waals surface area contributed by atoms with Crippen molar-refractivity contribution in [2.75, 3.05) is 12.4 Å². The van der Waals surface area contributed by atoms with Crippen molar-refractivity contribution in [3.63, 3.8) is 0 Å². The number of carbonyl (C=O) groups excluding carboxylic acids is 2. The minimum Gasteiger partial charge on any atom is -0.466 e. The van der Waals surface area contributed by atoms with Crippen LogP contribution in [0.4, 0.5) is 32.0 Å². The number of ether oxygens (including phenoxy) is 2. The van der Waals surface area contributed by atoms with E-state index < -0.39 is 41.5 Å². The van der Waals surface area contributed by atoms with E-state index in [1.54, 1.807) is 18.3 Å². The zero-order valence-electron chi connectivity index (χ0n) is 16.0. The van der Waals surface area contributed by atoms with E-state index in [-0.39, 0.29) is 5.56 Å². The molecule has 0 fully saturated rings. The van der Waals surface area contributed by atoms with Gasteiger partial charge >= 0.3 is 24.2 Å². The molecule has 0 bridgehead atoms. The van der Waals surface area contributed by atoms with E-state index in [4.69, 9.17) is 0 Å². The van der Waals surface area contributed by atoms with Crippen LogP contribution in [0.25, 0.3) is 0 Å². The Morgan fingerprint density at radius 3 is 2.03 bits per heavy atom. The smallest absolute Gasteiger partial charge is 0.466 e. The predicted molar refractivity (Wildman–Crippen MR) is 96.2 cm³/mol. The van der Waals surface area contributed by atoms with Gasteiger partial charge in [-0.05, 0) is 43.3 Å². The summed E-state index contributed by atoms with van der Waals surface area (Å²) in [6.45, 7) is 1.61. The molecule has 1 atom stereocenters. The van der Waals surface area contributed by atoms with E-state index in [0.29, 0.717) is 12.7 Å². The Morgan fingerprint density at radius 2 is 1.55 bits per heavy atom. The van der Waals surface area contributed by atoms with Crippen molar-refractivity contribution in [3.05, 3.63) is 59.7 Å². The van der Waals surface area contributed by atoms with Crippen molar-refractivity contribution >= 4 is 17.6 Å². The maximum absolute atomic E-state index is 14.0. The molecule has 0 unspecified atom stereocenters. The van der Waals surface area contributed by atoms with Crippen molar-refractivity contribution < 1.29 is 45.4 Å². The number of rotatable bonds is 6. The Bertz CT molecular complexity index is 944. The highest BCUT2D eigenvalue weighted by Gasteiger charge is 2.63. The van der Waals surface area contributed by atoms with E-state index in [1.165, 1.54) is 18.2 Å². The Balaban J connectivity index is 2.42. The zero-order chi connectivity index (χ0) is 23.4. The third-order valence-electron chi connectivity index (χ3n) is 3.92. The number of aryl methyl sites for hydroxylation is 1. The minimum atomic E-state index is -5.40. The van der Waals surface area contributed by atoms with Gasteiger partial charge in [0, 0.05) is 11.3 Å². The van der Waals surface area contributed by atoms with Crippen molar-refractivity contribution in [2.24, 2.45) is 0 Å². The molecule has 0 aliphatic carbocycles. The molecule has 0 radical (unpaired) electrons. The fourth-order valence-electron chi connectivity index (χ4n) is 2.53. The summed E-state index contributed by atoms with van der Waals surface area (Å²) in [7, 11) is 0.684. The van der Waals surface area contributed by atoms with Crippen molar-refractivity contribution in [1.82, 2.24) is 5.32 Å². The van der Waals surface area contributed by atoms with Gasteiger partial charge < -0.3 is 20.1 Å². The molecule has 0 aliphatic heterocycles. The highest BCUT2D eigenvalue weighted by molar-refractivity contribution is 5.99. The van der Waals surface area contributed by atoms with Crippen LogP contribution in [-0.4, -0.2) is 37.2 Å². The van der Waals surface area contributed by atoms with Gasteiger partial charge in [0.1, 0.15) is 5.75 Å². The third-order valence-corrected chi connectivity index (χ3v) is 3.92. The number of nitrogens with one attached hydrogen (secondary N) is 2. The average Bonchev–Trinajstić information content (AvgIpc) is 2.66. The highest BCUT2D eigenvalue weighted by Crippen LogP contribution is 2.34. The molecule has 2 aromatic rings. The molecule has 31 heavy (non-hydrogen) atoms. The maximum atomic E-state index is 14.0. The normalized spacial score (nSPS) is 13.7. The molecule has 0 saturated heterocycles. The Kier molecular flexibility index (Phi) is 6.72. The van der Waals surface area contributed by atoms with Gasteiger partial charge in [-0.3, -0.25) is 4.79 Å². The lowest BCUT2D eigenvalue weighted by atomic mass is 10.1. The lowest BCUT2D eigenvalue weighted by Gasteiger charge is -2.35. The number of methoxy groups -OCH3 is 1. The Morgan fingerprint density at radius 1 is 0.935 bits per heavy atom. The summed E-state index contributed by atoms with van der Waals surface area (Å²) in [4.78, 5) is 24.7. The summed E-state index contributed by atoms with van der Waals surface area (Å²) in [5, 5.41) is 3.43. The summed E-state index contributed by atoms with van der Waals surface area (Å²) < 4.78 is 86.7. The lowest BCUT2D eigenvalue weighted by Crippen LogP contribution is -2.69. The quantitative estimate of drug-likeness (QED) is 0.393. The van der Waals surface area contributed by atoms with Crippen molar-refractivity contribution in [3.8, 4) is 5.75 Å². The van der Waals surface area contributed by atoms with Gasteiger partial charge in [0.05, 0.1) is 7.11 Å². The van der Waals surface area contributed by atoms with Crippen LogP contribution in [0.3, 0.4) is 0 Å². The Labute approximate surface area is 172 Å². The number of alkyl halides is 6. The van der Waals surface area contributed by atoms with Crippen LogP contribution in [0, 0.1) is 6.92 Å². The summed E-state index contributed by atoms with van der Waals surface area (Å²) in [5.41, 5.74) is -3.75. The van der Waals surface area contributed by atoms with Gasteiger partial charge in [0.15, 0.2) is 0 Å². The summed E-state index contributed by atoms with van der Waals surface area (Å²) >= 11 is 0. The first-order valence-corrected chi connectivity index (χ1v) is 8.46. The predicted octanol–water partition coefficient (Wildman–Crippen LogP) is 4.17. The standard InChI is InChI=1S/C19H16F6N2O4/c1-11-4-3-5-12(10-11)15(28)27-17(16(29)30-2,18(20,21)22)26-13-6-8-14(9-7-13)31-19(23,24)25/h3-10,26H,1-2H3,(H,27,28)/t17-/m1/s1. The molecule has 1 amide bonds. The minimum absolute atomic E-state index is 0.159. The molecule has 6 nitrogen and oxygen atoms in total. The summed E-state index contributed by atoms with van der Waals surface area (Å²) in [5.74, 6) is -3.83. The van der Waals surface area contributed by atoms with Crippen molar-refractivity contribution in [1.29, 1.82) is 0 Å². The molecule has 2 rings (SSSR count).